The zero-order valence-corrected chi connectivity index (χ0v) is 43.2. The van der Waals surface area contributed by atoms with E-state index in [0.717, 1.165) is 89.2 Å². The Morgan fingerprint density at radius 2 is 0.722 bits per heavy atom. The Kier molecular flexibility index (Phi) is 9.24. The van der Waals surface area contributed by atoms with Gasteiger partial charge in [0.2, 0.25) is 0 Å². The second kappa shape index (κ2) is 16.6. The Labute approximate surface area is 458 Å². The number of para-hydroxylation sites is 4. The van der Waals surface area contributed by atoms with E-state index in [1.807, 2.05) is 42.4 Å². The summed E-state index contributed by atoms with van der Waals surface area (Å²) in [6.07, 6.45) is 3.78. The van der Waals surface area contributed by atoms with Crippen LogP contribution >= 0.6 is 11.8 Å². The van der Waals surface area contributed by atoms with Crippen LogP contribution in [0.1, 0.15) is 27.8 Å². The molecule has 0 bridgehead atoms. The topological polar surface area (TPSA) is 64.4 Å². The van der Waals surface area contributed by atoms with Crippen LogP contribution in [0, 0.1) is 11.3 Å². The number of benzene rings is 10. The summed E-state index contributed by atoms with van der Waals surface area (Å²) >= 11 is 1.84. The largest absolute Gasteiger partial charge is 0.309 e. The van der Waals surface area contributed by atoms with Gasteiger partial charge in [-0.15, -0.1) is 0 Å². The maximum Gasteiger partial charge on any atom is 0.0991 e. The van der Waals surface area contributed by atoms with E-state index in [0.29, 0.717) is 5.56 Å². The van der Waals surface area contributed by atoms with Gasteiger partial charge in [0, 0.05) is 71.6 Å². The van der Waals surface area contributed by atoms with Crippen molar-refractivity contribution in [3.05, 3.63) is 283 Å². The van der Waals surface area contributed by atoms with E-state index >= 15 is 0 Å². The Bertz CT molecular complexity index is 5030. The number of nitrogens with zero attached hydrogens (tertiary/aromatic N) is 6. The highest BCUT2D eigenvalue weighted by Gasteiger charge is 2.51. The van der Waals surface area contributed by atoms with Crippen LogP contribution in [0.25, 0.3) is 116 Å². The van der Waals surface area contributed by atoms with Crippen molar-refractivity contribution in [3.63, 3.8) is 0 Å². The van der Waals surface area contributed by atoms with Crippen LogP contribution in [0.4, 0.5) is 0 Å². The van der Waals surface area contributed by atoms with Gasteiger partial charge < -0.3 is 13.7 Å². The summed E-state index contributed by atoms with van der Waals surface area (Å²) < 4.78 is 7.09. The number of pyridine rings is 2. The molecular weight excluding hydrogens is 981 g/mol. The minimum Gasteiger partial charge on any atom is -0.309 e. The molecule has 2 aliphatic rings. The highest BCUT2D eigenvalue weighted by Crippen LogP contribution is 2.62. The van der Waals surface area contributed by atoms with Crippen molar-refractivity contribution in [2.24, 2.45) is 0 Å². The first-order valence-corrected chi connectivity index (χ1v) is 27.5. The molecule has 0 fully saturated rings. The summed E-state index contributed by atoms with van der Waals surface area (Å²) in [5.41, 5.74) is 21.4. The molecule has 1 spiro atoms. The average molecular weight is 1020 g/mol. The van der Waals surface area contributed by atoms with Crippen LogP contribution in [0.15, 0.2) is 265 Å². The summed E-state index contributed by atoms with van der Waals surface area (Å²) in [4.78, 5) is 12.5. The third-order valence-electron chi connectivity index (χ3n) is 16.8. The van der Waals surface area contributed by atoms with E-state index in [-0.39, 0.29) is 0 Å². The fourth-order valence-electron chi connectivity index (χ4n) is 13.5. The molecule has 10 aromatic carbocycles. The van der Waals surface area contributed by atoms with Crippen molar-refractivity contribution in [1.82, 2.24) is 23.7 Å². The van der Waals surface area contributed by atoms with Crippen LogP contribution < -0.4 is 0 Å². The predicted molar refractivity (Wildman–Crippen MR) is 322 cm³/mol. The minimum absolute atomic E-state index is 0.643. The number of hydrogen-bond donors (Lipinski definition) is 0. The van der Waals surface area contributed by atoms with Crippen molar-refractivity contribution in [3.8, 4) is 56.8 Å². The van der Waals surface area contributed by atoms with Crippen molar-refractivity contribution in [2.75, 3.05) is 0 Å². The van der Waals surface area contributed by atoms with Gasteiger partial charge in [-0.3, -0.25) is 9.97 Å². The van der Waals surface area contributed by atoms with Gasteiger partial charge in [-0.1, -0.05) is 133 Å². The number of rotatable bonds is 5. The second-order valence-corrected chi connectivity index (χ2v) is 21.9. The zero-order valence-electron chi connectivity index (χ0n) is 42.3. The van der Waals surface area contributed by atoms with E-state index in [1.165, 1.54) is 59.0 Å². The molecule has 1 aliphatic heterocycles. The first kappa shape index (κ1) is 43.9. The molecule has 7 heteroatoms. The SMILES string of the molecule is N#Cc1ccc2c(c1)c1cc(-c3ccc4c(c3)Sc3cc(-c5ccc6c(c5)c5ccccc5n6-c5ccc(-n6c7ccccc7c7ccccc76)cc5)ccc3C43c4cccnc4-c4ncccc43)ccc1n2-c1ccccc1. The molecule has 0 amide bonds. The molecule has 0 saturated carbocycles. The third-order valence-corrected chi connectivity index (χ3v) is 17.9. The number of aromatic nitrogens is 5. The third kappa shape index (κ3) is 6.17. The lowest BCUT2D eigenvalue weighted by molar-refractivity contribution is 0.720. The van der Waals surface area contributed by atoms with E-state index in [9.17, 15) is 5.26 Å². The highest BCUT2D eigenvalue weighted by molar-refractivity contribution is 7.99. The van der Waals surface area contributed by atoms with Gasteiger partial charge in [0.05, 0.1) is 61.5 Å². The fourth-order valence-corrected chi connectivity index (χ4v) is 14.8. The Hall–Kier alpha value is -10.3. The summed E-state index contributed by atoms with van der Waals surface area (Å²) in [5, 5.41) is 17.1. The van der Waals surface area contributed by atoms with E-state index in [4.69, 9.17) is 9.97 Å². The average Bonchev–Trinajstić information content (AvgIpc) is 4.44. The summed E-state index contributed by atoms with van der Waals surface area (Å²) in [7, 11) is 0. The van der Waals surface area contributed by atoms with Gasteiger partial charge in [0.1, 0.15) is 0 Å². The zero-order chi connectivity index (χ0) is 51.9. The standard InChI is InChI=1S/C72H42N6S/c73-43-44-22-33-65-55(38-44)57-40-46(26-35-67(57)76(65)49-12-2-1-3-13-49)48-24-32-59-69(42-48)79-68-41-47(23-31-58(68)72(59)60-17-10-36-74-70(60)71-61(72)18-11-37-75-71)45-25-34-66-56(39-45)54-16-6-9-21-64(54)78(66)51-29-27-50(28-30-51)77-62-19-7-4-14-52(62)53-15-5-8-20-63(53)77/h1-42H. The number of nitriles is 1. The quantitative estimate of drug-likeness (QED) is 0.172. The second-order valence-electron chi connectivity index (χ2n) is 20.8. The maximum absolute atomic E-state index is 10.0. The van der Waals surface area contributed by atoms with Crippen molar-refractivity contribution >= 4 is 77.2 Å². The Balaban J connectivity index is 0.805. The smallest absolute Gasteiger partial charge is 0.0991 e. The van der Waals surface area contributed by atoms with Crippen LogP contribution in [0.3, 0.4) is 0 Å². The molecule has 0 N–H and O–H groups in total. The molecule has 0 unspecified atom stereocenters. The molecular formula is C72H42N6S. The predicted octanol–water partition coefficient (Wildman–Crippen LogP) is 17.8. The van der Waals surface area contributed by atoms with Gasteiger partial charge in [0.15, 0.2) is 0 Å². The van der Waals surface area contributed by atoms with Crippen LogP contribution in [0.2, 0.25) is 0 Å². The molecule has 6 heterocycles. The normalized spacial score (nSPS) is 13.1. The fraction of sp³-hybridized carbons (Fsp3) is 0.0139. The first-order chi connectivity index (χ1) is 39.1. The van der Waals surface area contributed by atoms with Gasteiger partial charge in [-0.05, 0) is 166 Å². The van der Waals surface area contributed by atoms with Crippen LogP contribution in [-0.2, 0) is 5.41 Å². The van der Waals surface area contributed by atoms with E-state index in [2.05, 4.69) is 244 Å². The highest BCUT2D eigenvalue weighted by atomic mass is 32.2. The van der Waals surface area contributed by atoms with Crippen molar-refractivity contribution in [2.45, 2.75) is 15.2 Å². The lowest BCUT2D eigenvalue weighted by atomic mass is 9.67. The lowest BCUT2D eigenvalue weighted by Gasteiger charge is -2.39. The minimum atomic E-state index is -0.643. The van der Waals surface area contributed by atoms with Crippen LogP contribution in [-0.4, -0.2) is 23.7 Å². The summed E-state index contributed by atoms with van der Waals surface area (Å²) in [6.45, 7) is 0. The van der Waals surface area contributed by atoms with Gasteiger partial charge in [-0.2, -0.15) is 5.26 Å². The molecule has 366 valence electrons. The molecule has 0 saturated heterocycles. The Morgan fingerprint density at radius 3 is 1.23 bits per heavy atom. The maximum atomic E-state index is 10.0. The Morgan fingerprint density at radius 1 is 0.329 bits per heavy atom. The monoisotopic (exact) mass is 1020 g/mol. The van der Waals surface area contributed by atoms with E-state index in [1.54, 1.807) is 0 Å². The molecule has 17 rings (SSSR count). The molecule has 6 nitrogen and oxygen atoms in total. The van der Waals surface area contributed by atoms with E-state index < -0.39 is 5.41 Å². The van der Waals surface area contributed by atoms with Crippen molar-refractivity contribution in [1.29, 1.82) is 5.26 Å². The van der Waals surface area contributed by atoms with Crippen molar-refractivity contribution < 1.29 is 0 Å². The first-order valence-electron chi connectivity index (χ1n) is 26.7. The van der Waals surface area contributed by atoms with Gasteiger partial charge in [-0.25, -0.2) is 0 Å². The lowest BCUT2D eigenvalue weighted by Crippen LogP contribution is -2.32. The molecule has 0 atom stereocenters. The molecule has 15 aromatic rings. The molecule has 0 radical (unpaired) electrons. The number of fused-ring (bicyclic) bond motifs is 18. The van der Waals surface area contributed by atoms with Crippen LogP contribution in [0.5, 0.6) is 0 Å². The van der Waals surface area contributed by atoms with Gasteiger partial charge >= 0.3 is 0 Å². The van der Waals surface area contributed by atoms with Gasteiger partial charge in [0.25, 0.3) is 0 Å². The number of hydrogen-bond acceptors (Lipinski definition) is 4. The molecule has 5 aromatic heterocycles. The molecule has 1 aliphatic carbocycles. The summed E-state index contributed by atoms with van der Waals surface area (Å²) in [6, 6.07) is 90.6. The summed E-state index contributed by atoms with van der Waals surface area (Å²) in [5.74, 6) is 0. The molecule has 79 heavy (non-hydrogen) atoms.